The molecule has 78 valence electrons. The van der Waals surface area contributed by atoms with E-state index < -0.39 is 0 Å². The van der Waals surface area contributed by atoms with Gasteiger partial charge in [0.05, 0.1) is 5.54 Å². The van der Waals surface area contributed by atoms with E-state index in [2.05, 4.69) is 26.8 Å². The van der Waals surface area contributed by atoms with Crippen LogP contribution in [-0.2, 0) is 0 Å². The van der Waals surface area contributed by atoms with Gasteiger partial charge < -0.3 is 10.2 Å². The van der Waals surface area contributed by atoms with Crippen molar-refractivity contribution in [2.45, 2.75) is 18.4 Å². The molecule has 0 bridgehead atoms. The van der Waals surface area contributed by atoms with Crippen molar-refractivity contribution in [2.75, 3.05) is 11.4 Å². The Morgan fingerprint density at radius 3 is 2.93 bits per heavy atom. The van der Waals surface area contributed by atoms with Crippen molar-refractivity contribution < 1.29 is 0 Å². The Labute approximate surface area is 93.0 Å². The van der Waals surface area contributed by atoms with Crippen molar-refractivity contribution in [3.63, 3.8) is 0 Å². The van der Waals surface area contributed by atoms with Crippen LogP contribution in [-0.4, -0.2) is 22.1 Å². The van der Waals surface area contributed by atoms with Gasteiger partial charge in [0.2, 0.25) is 5.28 Å². The van der Waals surface area contributed by atoms with Crippen LogP contribution in [0.25, 0.3) is 0 Å². The van der Waals surface area contributed by atoms with Crippen LogP contribution in [0, 0.1) is 0 Å². The van der Waals surface area contributed by atoms with Crippen molar-refractivity contribution in [3.05, 3.63) is 29.9 Å². The molecular formula is C10H11ClN4. The van der Waals surface area contributed by atoms with Crippen molar-refractivity contribution in [1.82, 2.24) is 15.3 Å². The number of anilines is 1. The minimum absolute atomic E-state index is 0.258. The highest BCUT2D eigenvalue weighted by Crippen LogP contribution is 2.42. The number of rotatable bonds is 1. The Bertz CT molecular complexity index is 427. The first-order chi connectivity index (χ1) is 7.19. The number of hydrogen-bond acceptors (Lipinski definition) is 4. The molecule has 1 saturated heterocycles. The summed E-state index contributed by atoms with van der Waals surface area (Å²) in [7, 11) is 0. The highest BCUT2D eigenvalue weighted by atomic mass is 35.5. The molecule has 0 atom stereocenters. The van der Waals surface area contributed by atoms with Crippen molar-refractivity contribution in [1.29, 1.82) is 0 Å². The van der Waals surface area contributed by atoms with Gasteiger partial charge in [-0.15, -0.1) is 0 Å². The molecule has 0 aromatic carbocycles. The predicted molar refractivity (Wildman–Crippen MR) is 58.6 cm³/mol. The smallest absolute Gasteiger partial charge is 0.224 e. The summed E-state index contributed by atoms with van der Waals surface area (Å²) < 4.78 is 0. The topological polar surface area (TPSA) is 41.0 Å². The molecule has 1 saturated carbocycles. The Balaban J connectivity index is 1.91. The minimum atomic E-state index is 0.258. The van der Waals surface area contributed by atoms with Crippen LogP contribution < -0.4 is 10.2 Å². The number of nitrogens with one attached hydrogen (secondary N) is 1. The molecule has 2 fully saturated rings. The van der Waals surface area contributed by atoms with Crippen molar-refractivity contribution in [3.8, 4) is 0 Å². The summed E-state index contributed by atoms with van der Waals surface area (Å²) in [6.45, 7) is 4.92. The van der Waals surface area contributed by atoms with Crippen LogP contribution in [0.5, 0.6) is 0 Å². The number of aromatic nitrogens is 2. The normalized spacial score (nSPS) is 21.9. The Hall–Kier alpha value is -1.29. The monoisotopic (exact) mass is 222 g/mol. The Kier molecular flexibility index (Phi) is 1.71. The van der Waals surface area contributed by atoms with E-state index in [1.54, 1.807) is 6.20 Å². The van der Waals surface area contributed by atoms with Crippen molar-refractivity contribution in [2.24, 2.45) is 0 Å². The standard InChI is InChI=1S/C10H11ClN4/c1-7-14-10(3-4-10)6-15(7)8-2-5-12-9(11)13-8/h2,5,14H,1,3-4,6H2. The van der Waals surface area contributed by atoms with E-state index in [1.165, 1.54) is 12.8 Å². The largest absolute Gasteiger partial charge is 0.365 e. The Morgan fingerprint density at radius 2 is 2.33 bits per heavy atom. The molecule has 1 N–H and O–H groups in total. The summed E-state index contributed by atoms with van der Waals surface area (Å²) in [4.78, 5) is 10.1. The zero-order chi connectivity index (χ0) is 10.5. The lowest BCUT2D eigenvalue weighted by molar-refractivity contribution is 0.654. The first kappa shape index (κ1) is 8.97. The fraction of sp³-hybridized carbons (Fsp3) is 0.400. The SMILES string of the molecule is C=C1NC2(CC2)CN1c1ccnc(Cl)n1. The fourth-order valence-corrected chi connectivity index (χ4v) is 2.08. The summed E-state index contributed by atoms with van der Waals surface area (Å²) in [6.07, 6.45) is 4.08. The van der Waals surface area contributed by atoms with E-state index in [-0.39, 0.29) is 10.8 Å². The van der Waals surface area contributed by atoms with Gasteiger partial charge in [0.1, 0.15) is 11.6 Å². The van der Waals surface area contributed by atoms with Crippen LogP contribution in [0.2, 0.25) is 5.28 Å². The fourth-order valence-electron chi connectivity index (χ4n) is 1.94. The average molecular weight is 223 g/mol. The molecule has 1 aliphatic heterocycles. The molecular weight excluding hydrogens is 212 g/mol. The summed E-state index contributed by atoms with van der Waals surface area (Å²) >= 11 is 5.76. The second kappa shape index (κ2) is 2.85. The van der Waals surface area contributed by atoms with E-state index in [4.69, 9.17) is 11.6 Å². The third-order valence-corrected chi connectivity index (χ3v) is 3.12. The van der Waals surface area contributed by atoms with E-state index >= 15 is 0 Å². The van der Waals surface area contributed by atoms with Gasteiger partial charge in [-0.05, 0) is 30.5 Å². The van der Waals surface area contributed by atoms with Gasteiger partial charge >= 0.3 is 0 Å². The Morgan fingerprint density at radius 1 is 1.53 bits per heavy atom. The predicted octanol–water partition coefficient (Wildman–Crippen LogP) is 1.54. The molecule has 0 amide bonds. The second-order valence-corrected chi connectivity index (χ2v) is 4.46. The van der Waals surface area contributed by atoms with Crippen molar-refractivity contribution >= 4 is 17.4 Å². The lowest BCUT2D eigenvalue weighted by Crippen LogP contribution is -2.24. The van der Waals surface area contributed by atoms with Gasteiger partial charge in [-0.25, -0.2) is 9.97 Å². The van der Waals surface area contributed by atoms with E-state index in [0.29, 0.717) is 0 Å². The minimum Gasteiger partial charge on any atom is -0.365 e. The first-order valence-corrected chi connectivity index (χ1v) is 5.30. The maximum atomic E-state index is 5.76. The molecule has 15 heavy (non-hydrogen) atoms. The van der Waals surface area contributed by atoms with Crippen LogP contribution >= 0.6 is 11.6 Å². The highest BCUT2D eigenvalue weighted by Gasteiger charge is 2.49. The zero-order valence-electron chi connectivity index (χ0n) is 8.20. The van der Waals surface area contributed by atoms with Crippen LogP contribution in [0.1, 0.15) is 12.8 Å². The first-order valence-electron chi connectivity index (χ1n) is 4.92. The van der Waals surface area contributed by atoms with E-state index in [1.807, 2.05) is 6.07 Å². The van der Waals surface area contributed by atoms with Gasteiger partial charge in [0.15, 0.2) is 0 Å². The van der Waals surface area contributed by atoms with Crippen LogP contribution in [0.3, 0.4) is 0 Å². The summed E-state index contributed by atoms with van der Waals surface area (Å²) in [5, 5.41) is 3.68. The molecule has 1 aromatic heterocycles. The summed E-state index contributed by atoms with van der Waals surface area (Å²) in [5.41, 5.74) is 0.258. The lowest BCUT2D eigenvalue weighted by Gasteiger charge is -2.16. The highest BCUT2D eigenvalue weighted by molar-refractivity contribution is 6.28. The number of nitrogens with zero attached hydrogens (tertiary/aromatic N) is 3. The molecule has 1 spiro atoms. The maximum Gasteiger partial charge on any atom is 0.224 e. The second-order valence-electron chi connectivity index (χ2n) is 4.12. The molecule has 1 aliphatic carbocycles. The number of halogens is 1. The molecule has 1 aromatic rings. The maximum absolute atomic E-state index is 5.76. The van der Waals surface area contributed by atoms with Gasteiger partial charge in [0.25, 0.3) is 0 Å². The number of hydrogen-bond donors (Lipinski definition) is 1. The van der Waals surface area contributed by atoms with Crippen LogP contribution in [0.4, 0.5) is 5.82 Å². The third-order valence-electron chi connectivity index (χ3n) is 2.94. The van der Waals surface area contributed by atoms with E-state index in [0.717, 1.165) is 18.2 Å². The molecule has 0 unspecified atom stereocenters. The van der Waals surface area contributed by atoms with Gasteiger partial charge in [-0.2, -0.15) is 0 Å². The average Bonchev–Trinajstić information content (AvgIpc) is 2.85. The molecule has 5 heteroatoms. The zero-order valence-corrected chi connectivity index (χ0v) is 8.96. The van der Waals surface area contributed by atoms with Gasteiger partial charge in [-0.3, -0.25) is 0 Å². The molecule has 3 rings (SSSR count). The lowest BCUT2D eigenvalue weighted by atomic mass is 10.3. The van der Waals surface area contributed by atoms with E-state index in [9.17, 15) is 0 Å². The quantitative estimate of drug-likeness (QED) is 0.732. The summed E-state index contributed by atoms with van der Waals surface area (Å²) in [6, 6.07) is 1.85. The van der Waals surface area contributed by atoms with Gasteiger partial charge in [-0.1, -0.05) is 6.58 Å². The molecule has 2 heterocycles. The van der Waals surface area contributed by atoms with Gasteiger partial charge in [0, 0.05) is 12.7 Å². The third kappa shape index (κ3) is 1.45. The summed E-state index contributed by atoms with van der Waals surface area (Å²) in [5.74, 6) is 1.72. The van der Waals surface area contributed by atoms with Crippen LogP contribution in [0.15, 0.2) is 24.7 Å². The molecule has 0 radical (unpaired) electrons. The molecule has 2 aliphatic rings. The molecule has 4 nitrogen and oxygen atoms in total.